The maximum absolute atomic E-state index is 12.0. The molecule has 11 heteroatoms. The van der Waals surface area contributed by atoms with Crippen molar-refractivity contribution in [2.75, 3.05) is 13.7 Å². The zero-order valence-electron chi connectivity index (χ0n) is 11.9. The predicted molar refractivity (Wildman–Crippen MR) is 71.3 cm³/mol. The molecule has 23 heavy (non-hydrogen) atoms. The van der Waals surface area contributed by atoms with Crippen LogP contribution in [0.2, 0.25) is 0 Å². The molecule has 5 N–H and O–H groups in total. The van der Waals surface area contributed by atoms with Crippen LogP contribution in [-0.4, -0.2) is 74.1 Å². The van der Waals surface area contributed by atoms with Crippen LogP contribution in [0.4, 0.5) is 0 Å². The maximum atomic E-state index is 12.0. The van der Waals surface area contributed by atoms with Crippen molar-refractivity contribution < 1.29 is 34.7 Å². The van der Waals surface area contributed by atoms with E-state index in [-0.39, 0.29) is 0 Å². The van der Waals surface area contributed by atoms with Gasteiger partial charge in [0.1, 0.15) is 18.3 Å². The Bertz CT molecular complexity index is 698. The lowest BCUT2D eigenvalue weighted by atomic mass is 9.96. The van der Waals surface area contributed by atoms with Gasteiger partial charge in [-0.3, -0.25) is 14.3 Å². The number of aliphatic hydroxyl groups excluding tert-OH is 4. The number of hydrogen-bond acceptors (Lipinski definition) is 9. The van der Waals surface area contributed by atoms with Gasteiger partial charge in [0.05, 0.1) is 13.7 Å². The first-order valence-corrected chi connectivity index (χ1v) is 6.52. The lowest BCUT2D eigenvalue weighted by Gasteiger charge is -2.36. The molecule has 5 atom stereocenters. The molecular weight excluding hydrogens is 316 g/mol. The SMILES string of the molecule is COC(=O)C(O)[C@@]1(n2ccc(=O)[nH]c2=O)O[C@H](CO)[C@@H](O)[C@H]1O. The monoisotopic (exact) mass is 332 g/mol. The molecule has 2 heterocycles. The van der Waals surface area contributed by atoms with Gasteiger partial charge in [-0.15, -0.1) is 0 Å². The number of hydrogen-bond donors (Lipinski definition) is 5. The quantitative estimate of drug-likeness (QED) is 0.343. The molecule has 0 amide bonds. The molecule has 1 aliphatic rings. The third-order valence-corrected chi connectivity index (χ3v) is 3.66. The average Bonchev–Trinajstić information content (AvgIpc) is 2.79. The minimum Gasteiger partial charge on any atom is -0.467 e. The van der Waals surface area contributed by atoms with Crippen LogP contribution in [0.5, 0.6) is 0 Å². The van der Waals surface area contributed by atoms with Gasteiger partial charge in [0.2, 0.25) is 11.8 Å². The number of aliphatic hydroxyl groups is 4. The summed E-state index contributed by atoms with van der Waals surface area (Å²) in [4.78, 5) is 36.8. The maximum Gasteiger partial charge on any atom is 0.339 e. The van der Waals surface area contributed by atoms with Gasteiger partial charge in [-0.2, -0.15) is 0 Å². The summed E-state index contributed by atoms with van der Waals surface area (Å²) < 4.78 is 10.2. The van der Waals surface area contributed by atoms with Crippen LogP contribution < -0.4 is 11.2 Å². The number of aromatic nitrogens is 2. The molecule has 0 aliphatic carbocycles. The molecule has 1 aromatic heterocycles. The third-order valence-electron chi connectivity index (χ3n) is 3.66. The smallest absolute Gasteiger partial charge is 0.339 e. The van der Waals surface area contributed by atoms with Crippen molar-refractivity contribution in [3.8, 4) is 0 Å². The van der Waals surface area contributed by atoms with Gasteiger partial charge in [-0.25, -0.2) is 9.59 Å². The minimum atomic E-state index is -2.48. The summed E-state index contributed by atoms with van der Waals surface area (Å²) in [6, 6.07) is 0.891. The Morgan fingerprint density at radius 2 is 2.17 bits per heavy atom. The summed E-state index contributed by atoms with van der Waals surface area (Å²) in [5, 5.41) is 39.6. The van der Waals surface area contributed by atoms with E-state index in [0.29, 0.717) is 4.57 Å². The molecule has 0 radical (unpaired) electrons. The highest BCUT2D eigenvalue weighted by atomic mass is 16.6. The molecule has 1 saturated heterocycles. The Hall–Kier alpha value is -2.05. The van der Waals surface area contributed by atoms with Gasteiger partial charge in [0.15, 0.2) is 0 Å². The second-order valence-corrected chi connectivity index (χ2v) is 4.93. The van der Waals surface area contributed by atoms with Gasteiger partial charge in [-0.05, 0) is 0 Å². The summed E-state index contributed by atoms with van der Waals surface area (Å²) in [6.07, 6.45) is -6.42. The second-order valence-electron chi connectivity index (χ2n) is 4.93. The number of H-pyrrole nitrogens is 1. The number of nitrogens with one attached hydrogen (secondary N) is 1. The number of nitrogens with zero attached hydrogens (tertiary/aromatic N) is 1. The van der Waals surface area contributed by atoms with Crippen LogP contribution in [0, 0.1) is 0 Å². The van der Waals surface area contributed by atoms with Gasteiger partial charge in [-0.1, -0.05) is 0 Å². The van der Waals surface area contributed by atoms with Crippen molar-refractivity contribution in [1.82, 2.24) is 9.55 Å². The molecule has 1 fully saturated rings. The second kappa shape index (κ2) is 6.22. The van der Waals surface area contributed by atoms with Crippen molar-refractivity contribution in [2.45, 2.75) is 30.1 Å². The van der Waals surface area contributed by atoms with Crippen molar-refractivity contribution >= 4 is 5.97 Å². The fraction of sp³-hybridized carbons (Fsp3) is 0.583. The van der Waals surface area contributed by atoms with Crippen molar-refractivity contribution in [3.05, 3.63) is 33.1 Å². The van der Waals surface area contributed by atoms with Crippen molar-refractivity contribution in [2.24, 2.45) is 0 Å². The largest absolute Gasteiger partial charge is 0.467 e. The number of carbonyl (C=O) groups is 1. The molecule has 0 spiro atoms. The van der Waals surface area contributed by atoms with Crippen LogP contribution in [0.3, 0.4) is 0 Å². The Balaban J connectivity index is 2.68. The Kier molecular flexibility index (Phi) is 4.68. The number of carbonyl (C=O) groups excluding carboxylic acids is 1. The first kappa shape index (κ1) is 17.3. The van der Waals surface area contributed by atoms with Gasteiger partial charge >= 0.3 is 11.7 Å². The van der Waals surface area contributed by atoms with E-state index in [0.717, 1.165) is 19.4 Å². The Morgan fingerprint density at radius 3 is 2.65 bits per heavy atom. The van der Waals surface area contributed by atoms with Gasteiger partial charge < -0.3 is 29.9 Å². The lowest BCUT2D eigenvalue weighted by Crippen LogP contribution is -2.60. The summed E-state index contributed by atoms with van der Waals surface area (Å²) in [5.74, 6) is -1.26. The molecule has 128 valence electrons. The number of methoxy groups -OCH3 is 1. The molecule has 0 aromatic carbocycles. The highest BCUT2D eigenvalue weighted by molar-refractivity contribution is 5.75. The third kappa shape index (κ3) is 2.58. The van der Waals surface area contributed by atoms with E-state index in [1.54, 1.807) is 0 Å². The first-order valence-electron chi connectivity index (χ1n) is 6.52. The molecule has 0 bridgehead atoms. The van der Waals surface area contributed by atoms with Gasteiger partial charge in [0, 0.05) is 12.3 Å². The van der Waals surface area contributed by atoms with E-state index in [4.69, 9.17) is 4.74 Å². The molecule has 11 nitrogen and oxygen atoms in total. The fourth-order valence-corrected chi connectivity index (χ4v) is 2.51. The van der Waals surface area contributed by atoms with E-state index in [2.05, 4.69) is 4.74 Å². The molecular formula is C12H16N2O9. The van der Waals surface area contributed by atoms with Crippen LogP contribution in [0.15, 0.2) is 21.9 Å². The highest BCUT2D eigenvalue weighted by Crippen LogP contribution is 2.38. The number of ether oxygens (including phenoxy) is 2. The van der Waals surface area contributed by atoms with Gasteiger partial charge in [0.25, 0.3) is 5.56 Å². The number of aromatic amines is 1. The van der Waals surface area contributed by atoms with E-state index in [1.807, 2.05) is 4.98 Å². The summed E-state index contributed by atoms with van der Waals surface area (Å²) >= 11 is 0. The lowest BCUT2D eigenvalue weighted by molar-refractivity contribution is -0.220. The number of rotatable bonds is 4. The van der Waals surface area contributed by atoms with E-state index in [1.165, 1.54) is 0 Å². The first-order chi connectivity index (χ1) is 10.8. The highest BCUT2D eigenvalue weighted by Gasteiger charge is 2.62. The summed E-state index contributed by atoms with van der Waals surface area (Å²) in [7, 11) is 0.955. The molecule has 2 rings (SSSR count). The van der Waals surface area contributed by atoms with E-state index in [9.17, 15) is 34.8 Å². The summed E-state index contributed by atoms with van der Waals surface area (Å²) in [5.41, 5.74) is -4.35. The van der Waals surface area contributed by atoms with Crippen LogP contribution in [-0.2, 0) is 20.0 Å². The van der Waals surface area contributed by atoms with Crippen molar-refractivity contribution in [3.63, 3.8) is 0 Å². The average molecular weight is 332 g/mol. The van der Waals surface area contributed by atoms with Crippen molar-refractivity contribution in [1.29, 1.82) is 0 Å². The summed E-state index contributed by atoms with van der Waals surface area (Å²) in [6.45, 7) is -0.758. The number of esters is 1. The topological polar surface area (TPSA) is 171 Å². The predicted octanol–water partition coefficient (Wildman–Crippen LogP) is -4.16. The van der Waals surface area contributed by atoms with Crippen LogP contribution in [0.1, 0.15) is 0 Å². The molecule has 1 aliphatic heterocycles. The minimum absolute atomic E-state index is 0.555. The standard InChI is InChI=1S/C12H16N2O9/c1-22-10(20)9(19)12(8(18)7(17)5(4-15)23-12)14-3-2-6(16)13-11(14)21/h2-3,5,7-9,15,17-19H,4H2,1H3,(H,13,16,21)/t5-,7-,8-,9?,12+/m1/s1. The normalized spacial score (nSPS) is 31.8. The van der Waals surface area contributed by atoms with Crippen LogP contribution >= 0.6 is 0 Å². The molecule has 1 unspecified atom stereocenters. The zero-order valence-corrected chi connectivity index (χ0v) is 11.9. The van der Waals surface area contributed by atoms with E-state index >= 15 is 0 Å². The molecule has 0 saturated carbocycles. The Labute approximate surface area is 128 Å². The fourth-order valence-electron chi connectivity index (χ4n) is 2.51. The Morgan fingerprint density at radius 1 is 1.52 bits per heavy atom. The van der Waals surface area contributed by atoms with E-state index < -0.39 is 54.0 Å². The zero-order chi connectivity index (χ0) is 17.4. The molecule has 1 aromatic rings. The van der Waals surface area contributed by atoms with Crippen LogP contribution in [0.25, 0.3) is 0 Å².